The van der Waals surface area contributed by atoms with Crippen molar-refractivity contribution in [2.75, 3.05) is 27.2 Å². The fourth-order valence-electron chi connectivity index (χ4n) is 4.03. The Balaban J connectivity index is 1.79. The van der Waals surface area contributed by atoms with E-state index in [0.717, 1.165) is 16.7 Å². The molecule has 0 aliphatic rings. The highest BCUT2D eigenvalue weighted by Gasteiger charge is 2.24. The minimum Gasteiger partial charge on any atom is -0.332 e. The molecule has 0 bridgehead atoms. The first kappa shape index (κ1) is 25.8. The third-order valence-corrected chi connectivity index (χ3v) is 6.36. The molecule has 8 nitrogen and oxygen atoms in total. The Kier molecular flexibility index (Phi) is 7.79. The van der Waals surface area contributed by atoms with Gasteiger partial charge in [0.25, 0.3) is 11.6 Å². The van der Waals surface area contributed by atoms with Gasteiger partial charge in [-0.15, -0.1) is 0 Å². The van der Waals surface area contributed by atoms with Gasteiger partial charge in [0, 0.05) is 37.3 Å². The summed E-state index contributed by atoms with van der Waals surface area (Å²) in [7, 11) is 3.95. The number of hydrogen-bond donors (Lipinski definition) is 0. The minimum atomic E-state index is -0.442. The molecule has 0 atom stereocenters. The molecule has 4 rings (SSSR count). The second kappa shape index (κ2) is 11.2. The van der Waals surface area contributed by atoms with Crippen LogP contribution < -0.4 is 0 Å². The largest absolute Gasteiger partial charge is 0.332 e. The van der Waals surface area contributed by atoms with Crippen molar-refractivity contribution in [3.05, 3.63) is 111 Å². The summed E-state index contributed by atoms with van der Waals surface area (Å²) in [4.78, 5) is 28.6. The van der Waals surface area contributed by atoms with Crippen LogP contribution in [0.5, 0.6) is 0 Å². The number of nitro benzene ring substituents is 1. The number of hydrogen-bond acceptors (Lipinski definition) is 5. The van der Waals surface area contributed by atoms with Gasteiger partial charge in [-0.1, -0.05) is 42.5 Å². The topological polar surface area (TPSA) is 84.5 Å². The van der Waals surface area contributed by atoms with Crippen molar-refractivity contribution >= 4 is 11.6 Å². The van der Waals surface area contributed by atoms with Crippen LogP contribution in [-0.2, 0) is 6.54 Å². The molecule has 1 aromatic heterocycles. The van der Waals surface area contributed by atoms with E-state index in [9.17, 15) is 14.9 Å². The van der Waals surface area contributed by atoms with Crippen LogP contribution in [0.4, 0.5) is 5.69 Å². The van der Waals surface area contributed by atoms with Crippen LogP contribution in [0.2, 0.25) is 0 Å². The molecule has 0 aliphatic carbocycles. The van der Waals surface area contributed by atoms with Crippen LogP contribution in [0.1, 0.15) is 27.2 Å². The SMILES string of the molecule is Cc1ccc(-c2cc(C(=O)N(CCN(C)C)Cc3ccccc3)n(-c3ccc([N+](=O)[O-])cc3)n2)cc1C. The summed E-state index contributed by atoms with van der Waals surface area (Å²) in [6, 6.07) is 23.9. The average molecular weight is 498 g/mol. The highest BCUT2D eigenvalue weighted by molar-refractivity contribution is 5.94. The van der Waals surface area contributed by atoms with Gasteiger partial charge in [-0.25, -0.2) is 4.68 Å². The van der Waals surface area contributed by atoms with E-state index in [1.54, 1.807) is 16.8 Å². The number of aromatic nitrogens is 2. The number of rotatable bonds is 9. The molecule has 1 amide bonds. The molecule has 0 saturated carbocycles. The zero-order chi connectivity index (χ0) is 26.5. The second-order valence-electron chi connectivity index (χ2n) is 9.41. The number of likely N-dealkylation sites (N-methyl/N-ethyl adjacent to an activating group) is 1. The van der Waals surface area contributed by atoms with E-state index in [1.165, 1.54) is 17.7 Å². The number of nitro groups is 1. The molecule has 37 heavy (non-hydrogen) atoms. The fourth-order valence-corrected chi connectivity index (χ4v) is 4.03. The average Bonchev–Trinajstić information content (AvgIpc) is 3.34. The van der Waals surface area contributed by atoms with Crippen LogP contribution in [0.25, 0.3) is 16.9 Å². The number of aryl methyl sites for hydroxylation is 2. The molecule has 4 aromatic rings. The van der Waals surface area contributed by atoms with Gasteiger partial charge in [0.2, 0.25) is 0 Å². The Labute approximate surface area is 216 Å². The smallest absolute Gasteiger partial charge is 0.272 e. The van der Waals surface area contributed by atoms with Crippen molar-refractivity contribution in [2.24, 2.45) is 0 Å². The number of benzene rings is 3. The van der Waals surface area contributed by atoms with E-state index in [1.807, 2.05) is 79.3 Å². The summed E-state index contributed by atoms with van der Waals surface area (Å²) in [5, 5.41) is 16.0. The Morgan fingerprint density at radius 2 is 1.62 bits per heavy atom. The third kappa shape index (κ3) is 6.10. The molecule has 0 N–H and O–H groups in total. The van der Waals surface area contributed by atoms with Gasteiger partial charge in [0.1, 0.15) is 5.69 Å². The summed E-state index contributed by atoms with van der Waals surface area (Å²) < 4.78 is 1.59. The zero-order valence-electron chi connectivity index (χ0n) is 21.6. The molecule has 0 aliphatic heterocycles. The van der Waals surface area contributed by atoms with Crippen LogP contribution >= 0.6 is 0 Å². The molecule has 0 spiro atoms. The van der Waals surface area contributed by atoms with Crippen molar-refractivity contribution in [1.82, 2.24) is 19.6 Å². The molecule has 0 saturated heterocycles. The Bertz CT molecular complexity index is 1400. The van der Waals surface area contributed by atoms with Crippen molar-refractivity contribution in [2.45, 2.75) is 20.4 Å². The zero-order valence-corrected chi connectivity index (χ0v) is 21.6. The van der Waals surface area contributed by atoms with Gasteiger partial charge in [-0.3, -0.25) is 14.9 Å². The van der Waals surface area contributed by atoms with Gasteiger partial charge in [-0.2, -0.15) is 5.10 Å². The van der Waals surface area contributed by atoms with E-state index in [0.29, 0.717) is 36.7 Å². The molecule has 0 radical (unpaired) electrons. The number of carbonyl (C=O) groups excluding carboxylic acids is 1. The first-order chi connectivity index (χ1) is 17.7. The van der Waals surface area contributed by atoms with Gasteiger partial charge < -0.3 is 9.80 Å². The highest BCUT2D eigenvalue weighted by Crippen LogP contribution is 2.26. The van der Waals surface area contributed by atoms with Crippen LogP contribution in [0.15, 0.2) is 78.9 Å². The number of amides is 1. The number of nitrogens with zero attached hydrogens (tertiary/aromatic N) is 5. The summed E-state index contributed by atoms with van der Waals surface area (Å²) in [6.07, 6.45) is 0. The predicted molar refractivity (Wildman–Crippen MR) is 145 cm³/mol. The lowest BCUT2D eigenvalue weighted by molar-refractivity contribution is -0.384. The van der Waals surface area contributed by atoms with Crippen molar-refractivity contribution < 1.29 is 9.72 Å². The van der Waals surface area contributed by atoms with E-state index in [2.05, 4.69) is 13.0 Å². The standard InChI is InChI=1S/C29H31N5O3/c1-21-10-11-24(18-22(21)2)27-19-28(33(30-27)25-12-14-26(15-13-25)34(36)37)29(35)32(17-16-31(3)4)20-23-8-6-5-7-9-23/h5-15,18-19H,16-17,20H2,1-4H3. The first-order valence-corrected chi connectivity index (χ1v) is 12.1. The van der Waals surface area contributed by atoms with Gasteiger partial charge in [0.05, 0.1) is 16.3 Å². The Morgan fingerprint density at radius 3 is 2.24 bits per heavy atom. The van der Waals surface area contributed by atoms with Gasteiger partial charge in [-0.05, 0) is 68.9 Å². The maximum absolute atomic E-state index is 14.0. The maximum atomic E-state index is 14.0. The molecular formula is C29H31N5O3. The molecule has 3 aromatic carbocycles. The summed E-state index contributed by atoms with van der Waals surface area (Å²) >= 11 is 0. The monoisotopic (exact) mass is 497 g/mol. The normalized spacial score (nSPS) is 11.1. The molecule has 190 valence electrons. The van der Waals surface area contributed by atoms with Crippen LogP contribution in [0, 0.1) is 24.0 Å². The molecule has 0 fully saturated rings. The van der Waals surface area contributed by atoms with Crippen molar-refractivity contribution in [1.29, 1.82) is 0 Å². The lowest BCUT2D eigenvalue weighted by atomic mass is 10.0. The van der Waals surface area contributed by atoms with Gasteiger partial charge >= 0.3 is 0 Å². The fraction of sp³-hybridized carbons (Fsp3) is 0.241. The van der Waals surface area contributed by atoms with Crippen molar-refractivity contribution in [3.63, 3.8) is 0 Å². The van der Waals surface area contributed by atoms with Crippen LogP contribution in [0.3, 0.4) is 0 Å². The third-order valence-electron chi connectivity index (χ3n) is 6.36. The maximum Gasteiger partial charge on any atom is 0.272 e. The van der Waals surface area contributed by atoms with E-state index < -0.39 is 4.92 Å². The lowest BCUT2D eigenvalue weighted by Crippen LogP contribution is -2.37. The summed E-state index contributed by atoms with van der Waals surface area (Å²) in [5.74, 6) is -0.161. The van der Waals surface area contributed by atoms with E-state index in [4.69, 9.17) is 5.10 Å². The lowest BCUT2D eigenvalue weighted by Gasteiger charge is -2.25. The molecule has 1 heterocycles. The molecule has 0 unspecified atom stereocenters. The summed E-state index contributed by atoms with van der Waals surface area (Å²) in [6.45, 7) is 5.79. The quantitative estimate of drug-likeness (QED) is 0.232. The molecule has 8 heteroatoms. The Morgan fingerprint density at radius 1 is 0.919 bits per heavy atom. The summed E-state index contributed by atoms with van der Waals surface area (Å²) in [5.41, 5.74) is 5.87. The first-order valence-electron chi connectivity index (χ1n) is 12.1. The van der Waals surface area contributed by atoms with Crippen molar-refractivity contribution in [3.8, 4) is 16.9 Å². The highest BCUT2D eigenvalue weighted by atomic mass is 16.6. The Hall–Kier alpha value is -4.30. The van der Waals surface area contributed by atoms with Gasteiger partial charge in [0.15, 0.2) is 0 Å². The second-order valence-corrected chi connectivity index (χ2v) is 9.41. The van der Waals surface area contributed by atoms with Crippen LogP contribution in [-0.4, -0.2) is 57.6 Å². The predicted octanol–water partition coefficient (Wildman–Crippen LogP) is 5.27. The number of non-ortho nitro benzene ring substituents is 1. The van der Waals surface area contributed by atoms with E-state index >= 15 is 0 Å². The minimum absolute atomic E-state index is 0.0187. The van der Waals surface area contributed by atoms with E-state index in [-0.39, 0.29) is 11.6 Å². The number of carbonyl (C=O) groups is 1. The molecular weight excluding hydrogens is 466 g/mol.